The molecule has 0 bridgehead atoms. The van der Waals surface area contributed by atoms with E-state index in [1.54, 1.807) is 0 Å². The van der Waals surface area contributed by atoms with Gasteiger partial charge in [-0.2, -0.15) is 0 Å². The van der Waals surface area contributed by atoms with Crippen molar-refractivity contribution in [1.82, 2.24) is 4.90 Å². The molecule has 0 spiro atoms. The summed E-state index contributed by atoms with van der Waals surface area (Å²) in [5.41, 5.74) is 5.92. The number of rotatable bonds is 3. The van der Waals surface area contributed by atoms with Crippen LogP contribution in [0.2, 0.25) is 0 Å². The molecule has 1 saturated carbocycles. The second kappa shape index (κ2) is 4.63. The molecule has 1 aliphatic heterocycles. The molecular formula is C12H24N2. The van der Waals surface area contributed by atoms with Crippen LogP contribution in [-0.2, 0) is 0 Å². The fourth-order valence-electron chi connectivity index (χ4n) is 3.05. The number of nitrogens with zero attached hydrogens (tertiary/aromatic N) is 1. The van der Waals surface area contributed by atoms with Gasteiger partial charge in [-0.1, -0.05) is 0 Å². The zero-order valence-electron chi connectivity index (χ0n) is 9.41. The zero-order chi connectivity index (χ0) is 9.97. The molecule has 3 atom stereocenters. The Morgan fingerprint density at radius 2 is 2.14 bits per heavy atom. The van der Waals surface area contributed by atoms with Crippen LogP contribution in [0.5, 0.6) is 0 Å². The van der Waals surface area contributed by atoms with Crippen LogP contribution in [0.3, 0.4) is 0 Å². The van der Waals surface area contributed by atoms with Crippen LogP contribution >= 0.6 is 0 Å². The van der Waals surface area contributed by atoms with E-state index in [9.17, 15) is 0 Å². The molecule has 2 rings (SSSR count). The van der Waals surface area contributed by atoms with Crippen LogP contribution in [0, 0.1) is 5.92 Å². The van der Waals surface area contributed by atoms with Crippen molar-refractivity contribution in [2.24, 2.45) is 11.7 Å². The van der Waals surface area contributed by atoms with Crippen molar-refractivity contribution in [1.29, 1.82) is 0 Å². The molecule has 0 aromatic carbocycles. The standard InChI is InChI=1S/C12H24N2/c1-10-3-2-7-14(10)8-6-11-4-5-12(13)9-11/h10-12H,2-9,13H2,1H3. The van der Waals surface area contributed by atoms with Gasteiger partial charge in [-0.3, -0.25) is 0 Å². The molecular weight excluding hydrogens is 172 g/mol. The lowest BCUT2D eigenvalue weighted by Gasteiger charge is -2.22. The molecule has 1 saturated heterocycles. The Morgan fingerprint density at radius 3 is 2.71 bits per heavy atom. The van der Waals surface area contributed by atoms with Gasteiger partial charge in [0.05, 0.1) is 0 Å². The first-order valence-corrected chi connectivity index (χ1v) is 6.25. The number of nitrogens with two attached hydrogens (primary N) is 1. The molecule has 0 aromatic heterocycles. The topological polar surface area (TPSA) is 29.3 Å². The maximum Gasteiger partial charge on any atom is 0.00674 e. The second-order valence-corrected chi connectivity index (χ2v) is 5.26. The van der Waals surface area contributed by atoms with Crippen molar-refractivity contribution in [2.75, 3.05) is 13.1 Å². The summed E-state index contributed by atoms with van der Waals surface area (Å²) in [6.45, 7) is 5.02. The van der Waals surface area contributed by atoms with Gasteiger partial charge in [-0.25, -0.2) is 0 Å². The monoisotopic (exact) mass is 196 g/mol. The minimum Gasteiger partial charge on any atom is -0.328 e. The number of hydrogen-bond acceptors (Lipinski definition) is 2. The van der Waals surface area contributed by atoms with E-state index in [4.69, 9.17) is 5.73 Å². The molecule has 2 N–H and O–H groups in total. The molecule has 2 fully saturated rings. The zero-order valence-corrected chi connectivity index (χ0v) is 9.41. The maximum absolute atomic E-state index is 5.92. The Hall–Kier alpha value is -0.0800. The summed E-state index contributed by atoms with van der Waals surface area (Å²) >= 11 is 0. The smallest absolute Gasteiger partial charge is 0.00674 e. The number of hydrogen-bond donors (Lipinski definition) is 1. The fraction of sp³-hybridized carbons (Fsp3) is 1.00. The van der Waals surface area contributed by atoms with Crippen molar-refractivity contribution in [3.8, 4) is 0 Å². The SMILES string of the molecule is CC1CCCN1CCC1CCC(N)C1. The largest absolute Gasteiger partial charge is 0.328 e. The van der Waals surface area contributed by atoms with Crippen molar-refractivity contribution >= 4 is 0 Å². The van der Waals surface area contributed by atoms with Gasteiger partial charge in [0.1, 0.15) is 0 Å². The van der Waals surface area contributed by atoms with Crippen LogP contribution in [0.4, 0.5) is 0 Å². The summed E-state index contributed by atoms with van der Waals surface area (Å²) in [5.74, 6) is 0.929. The highest BCUT2D eigenvalue weighted by Gasteiger charge is 2.24. The molecule has 2 heteroatoms. The van der Waals surface area contributed by atoms with Gasteiger partial charge in [0.25, 0.3) is 0 Å². The minimum absolute atomic E-state index is 0.510. The van der Waals surface area contributed by atoms with Crippen LogP contribution in [0.25, 0.3) is 0 Å². The van der Waals surface area contributed by atoms with E-state index in [2.05, 4.69) is 11.8 Å². The quantitative estimate of drug-likeness (QED) is 0.748. The highest BCUT2D eigenvalue weighted by molar-refractivity contribution is 4.81. The van der Waals surface area contributed by atoms with Crippen LogP contribution < -0.4 is 5.73 Å². The fourth-order valence-corrected chi connectivity index (χ4v) is 3.05. The van der Waals surface area contributed by atoms with Gasteiger partial charge in [0.2, 0.25) is 0 Å². The molecule has 0 amide bonds. The summed E-state index contributed by atoms with van der Waals surface area (Å²) in [5, 5.41) is 0. The lowest BCUT2D eigenvalue weighted by atomic mass is 10.0. The summed E-state index contributed by atoms with van der Waals surface area (Å²) in [6.07, 6.45) is 8.12. The maximum atomic E-state index is 5.92. The first-order valence-electron chi connectivity index (χ1n) is 6.25. The summed E-state index contributed by atoms with van der Waals surface area (Å²) in [6, 6.07) is 1.35. The van der Waals surface area contributed by atoms with Crippen LogP contribution in [0.15, 0.2) is 0 Å². The minimum atomic E-state index is 0.510. The molecule has 0 radical (unpaired) electrons. The van der Waals surface area contributed by atoms with Crippen molar-refractivity contribution in [2.45, 2.75) is 57.5 Å². The molecule has 1 aliphatic carbocycles. The van der Waals surface area contributed by atoms with Gasteiger partial charge in [-0.05, 0) is 64.5 Å². The van der Waals surface area contributed by atoms with E-state index >= 15 is 0 Å². The van der Waals surface area contributed by atoms with E-state index in [1.807, 2.05) is 0 Å². The van der Waals surface area contributed by atoms with E-state index in [0.29, 0.717) is 6.04 Å². The molecule has 2 aliphatic rings. The molecule has 82 valence electrons. The van der Waals surface area contributed by atoms with Gasteiger partial charge < -0.3 is 10.6 Å². The Kier molecular flexibility index (Phi) is 3.45. The third-order valence-electron chi connectivity index (χ3n) is 4.10. The summed E-state index contributed by atoms with van der Waals surface area (Å²) < 4.78 is 0. The molecule has 0 aromatic rings. The third-order valence-corrected chi connectivity index (χ3v) is 4.10. The average Bonchev–Trinajstić information content (AvgIpc) is 2.72. The van der Waals surface area contributed by atoms with Gasteiger partial charge in [0, 0.05) is 12.1 Å². The Bertz CT molecular complexity index is 181. The highest BCUT2D eigenvalue weighted by atomic mass is 15.2. The average molecular weight is 196 g/mol. The van der Waals surface area contributed by atoms with E-state index in [-0.39, 0.29) is 0 Å². The second-order valence-electron chi connectivity index (χ2n) is 5.26. The van der Waals surface area contributed by atoms with Crippen LogP contribution in [-0.4, -0.2) is 30.1 Å². The summed E-state index contributed by atoms with van der Waals surface area (Å²) in [7, 11) is 0. The Balaban J connectivity index is 1.67. The Morgan fingerprint density at radius 1 is 1.29 bits per heavy atom. The van der Waals surface area contributed by atoms with Crippen molar-refractivity contribution in [3.05, 3.63) is 0 Å². The van der Waals surface area contributed by atoms with E-state index in [0.717, 1.165) is 12.0 Å². The predicted molar refractivity (Wildman–Crippen MR) is 60.2 cm³/mol. The first-order chi connectivity index (χ1) is 6.75. The Labute approximate surface area is 87.8 Å². The number of likely N-dealkylation sites (tertiary alicyclic amines) is 1. The third kappa shape index (κ3) is 2.48. The van der Waals surface area contributed by atoms with Crippen molar-refractivity contribution < 1.29 is 0 Å². The summed E-state index contributed by atoms with van der Waals surface area (Å²) in [4.78, 5) is 2.66. The van der Waals surface area contributed by atoms with Gasteiger partial charge >= 0.3 is 0 Å². The van der Waals surface area contributed by atoms with Gasteiger partial charge in [0.15, 0.2) is 0 Å². The first kappa shape index (κ1) is 10.4. The lowest BCUT2D eigenvalue weighted by Crippen LogP contribution is -2.29. The van der Waals surface area contributed by atoms with Crippen molar-refractivity contribution in [3.63, 3.8) is 0 Å². The highest BCUT2D eigenvalue weighted by Crippen LogP contribution is 2.28. The molecule has 3 unspecified atom stereocenters. The normalized spacial score (nSPS) is 39.4. The van der Waals surface area contributed by atoms with E-state index < -0.39 is 0 Å². The van der Waals surface area contributed by atoms with Crippen LogP contribution in [0.1, 0.15) is 45.4 Å². The molecule has 14 heavy (non-hydrogen) atoms. The molecule has 2 nitrogen and oxygen atoms in total. The van der Waals surface area contributed by atoms with Gasteiger partial charge in [-0.15, -0.1) is 0 Å². The molecule has 1 heterocycles. The van der Waals surface area contributed by atoms with E-state index in [1.165, 1.54) is 51.6 Å². The predicted octanol–water partition coefficient (Wildman–Crippen LogP) is 1.99. The lowest BCUT2D eigenvalue weighted by molar-refractivity contribution is 0.246.